The maximum Gasteiger partial charge on any atom is 0.310 e. The summed E-state index contributed by atoms with van der Waals surface area (Å²) in [6, 6.07) is 5.40. The number of ether oxygens (including phenoxy) is 2. The van der Waals surface area contributed by atoms with Crippen LogP contribution in [0.2, 0.25) is 0 Å². The molecule has 33 heavy (non-hydrogen) atoms. The monoisotopic (exact) mass is 460 g/mol. The molecule has 0 radical (unpaired) electrons. The maximum absolute atomic E-state index is 14.8. The van der Waals surface area contributed by atoms with Crippen molar-refractivity contribution >= 4 is 11.5 Å². The van der Waals surface area contributed by atoms with Gasteiger partial charge in [0.1, 0.15) is 17.7 Å². The molecule has 0 amide bonds. The number of carbonyl (C=O) groups is 1. The number of benzene rings is 1. The summed E-state index contributed by atoms with van der Waals surface area (Å²) in [5.41, 5.74) is 7.21. The van der Waals surface area contributed by atoms with Crippen molar-refractivity contribution in [1.82, 2.24) is 4.98 Å². The standard InChI is InChI=1S/C25H30F2N2O4/c1-5-17(12-21(15(3)30)20-9-10-29-22(14-28)25(20)27)16(4)33-23-8-7-19(26)11-18(23)13-24(31)32-6-2/h7-12,16,30H,5-6,13-14,28H2,1-4H3/b17-12+,21-15-. The minimum atomic E-state index is -0.598. The van der Waals surface area contributed by atoms with E-state index in [4.69, 9.17) is 15.2 Å². The fourth-order valence-corrected chi connectivity index (χ4v) is 3.34. The van der Waals surface area contributed by atoms with Gasteiger partial charge in [-0.2, -0.15) is 0 Å². The van der Waals surface area contributed by atoms with Gasteiger partial charge in [0.2, 0.25) is 0 Å². The number of aliphatic hydroxyl groups is 1. The first kappa shape index (κ1) is 26.0. The Labute approximate surface area is 192 Å². The van der Waals surface area contributed by atoms with Crippen LogP contribution >= 0.6 is 0 Å². The van der Waals surface area contributed by atoms with Gasteiger partial charge in [0.15, 0.2) is 5.82 Å². The quantitative estimate of drug-likeness (QED) is 0.294. The summed E-state index contributed by atoms with van der Waals surface area (Å²) < 4.78 is 39.6. The molecule has 0 spiro atoms. The Morgan fingerprint density at radius 3 is 2.61 bits per heavy atom. The summed E-state index contributed by atoms with van der Waals surface area (Å²) in [6.07, 6.45) is 2.97. The van der Waals surface area contributed by atoms with Gasteiger partial charge >= 0.3 is 5.97 Å². The highest BCUT2D eigenvalue weighted by Gasteiger charge is 2.18. The molecule has 0 aliphatic carbocycles. The number of hydrogen-bond donors (Lipinski definition) is 2. The third kappa shape index (κ3) is 6.86. The Bertz CT molecular complexity index is 1050. The van der Waals surface area contributed by atoms with Crippen LogP contribution in [0.5, 0.6) is 5.75 Å². The van der Waals surface area contributed by atoms with Crippen molar-refractivity contribution < 1.29 is 28.2 Å². The zero-order valence-corrected chi connectivity index (χ0v) is 19.3. The number of esters is 1. The van der Waals surface area contributed by atoms with Gasteiger partial charge in [-0.25, -0.2) is 8.78 Å². The van der Waals surface area contributed by atoms with Crippen LogP contribution in [0.1, 0.15) is 50.9 Å². The molecule has 8 heteroatoms. The molecule has 0 bridgehead atoms. The highest BCUT2D eigenvalue weighted by molar-refractivity contribution is 5.76. The number of hydrogen-bond acceptors (Lipinski definition) is 6. The van der Waals surface area contributed by atoms with Crippen molar-refractivity contribution in [3.63, 3.8) is 0 Å². The maximum atomic E-state index is 14.8. The smallest absolute Gasteiger partial charge is 0.310 e. The van der Waals surface area contributed by atoms with Gasteiger partial charge in [0, 0.05) is 29.4 Å². The lowest BCUT2D eigenvalue weighted by atomic mass is 9.98. The van der Waals surface area contributed by atoms with Crippen LogP contribution < -0.4 is 10.5 Å². The molecule has 6 nitrogen and oxygen atoms in total. The van der Waals surface area contributed by atoms with Gasteiger partial charge < -0.3 is 20.3 Å². The summed E-state index contributed by atoms with van der Waals surface area (Å²) >= 11 is 0. The lowest BCUT2D eigenvalue weighted by Gasteiger charge is -2.20. The van der Waals surface area contributed by atoms with Crippen LogP contribution in [0.3, 0.4) is 0 Å². The molecule has 178 valence electrons. The van der Waals surface area contributed by atoms with Gasteiger partial charge in [-0.3, -0.25) is 9.78 Å². The van der Waals surface area contributed by atoms with E-state index >= 15 is 0 Å². The SMILES string of the molecule is CCOC(=O)Cc1cc(F)ccc1OC(C)/C(=C/C(=C(\C)O)c1ccnc(CN)c1F)CC. The van der Waals surface area contributed by atoms with E-state index in [9.17, 15) is 18.7 Å². The number of rotatable bonds is 10. The van der Waals surface area contributed by atoms with Crippen LogP contribution in [0.15, 0.2) is 47.9 Å². The van der Waals surface area contributed by atoms with E-state index in [1.54, 1.807) is 19.9 Å². The number of carbonyl (C=O) groups excluding carboxylic acids is 1. The van der Waals surface area contributed by atoms with Crippen LogP contribution in [0.25, 0.3) is 5.57 Å². The second-order valence-corrected chi connectivity index (χ2v) is 7.39. The van der Waals surface area contributed by atoms with E-state index in [0.717, 1.165) is 5.57 Å². The Kier molecular flexibility index (Phi) is 9.54. The predicted octanol–water partition coefficient (Wildman–Crippen LogP) is 5.02. The number of pyridine rings is 1. The van der Waals surface area contributed by atoms with Gasteiger partial charge in [-0.15, -0.1) is 0 Å². The van der Waals surface area contributed by atoms with Crippen molar-refractivity contribution in [3.8, 4) is 5.75 Å². The second-order valence-electron chi connectivity index (χ2n) is 7.39. The molecule has 1 aromatic carbocycles. The van der Waals surface area contributed by atoms with Crippen LogP contribution in [-0.2, 0) is 22.5 Å². The van der Waals surface area contributed by atoms with Gasteiger partial charge in [0.25, 0.3) is 0 Å². The molecule has 1 atom stereocenters. The molecular formula is C25H30F2N2O4. The lowest BCUT2D eigenvalue weighted by Crippen LogP contribution is -2.17. The molecule has 1 unspecified atom stereocenters. The minimum Gasteiger partial charge on any atom is -0.512 e. The third-order valence-electron chi connectivity index (χ3n) is 5.06. The first-order valence-electron chi connectivity index (χ1n) is 10.8. The molecule has 3 N–H and O–H groups in total. The van der Waals surface area contributed by atoms with Crippen LogP contribution in [0.4, 0.5) is 8.78 Å². The van der Waals surface area contributed by atoms with E-state index < -0.39 is 23.7 Å². The molecule has 2 aromatic rings. The van der Waals surface area contributed by atoms with Crippen molar-refractivity contribution in [1.29, 1.82) is 0 Å². The van der Waals surface area contributed by atoms with E-state index in [-0.39, 0.29) is 42.2 Å². The molecule has 0 aliphatic rings. The Balaban J connectivity index is 2.39. The summed E-state index contributed by atoms with van der Waals surface area (Å²) in [6.45, 7) is 6.98. The number of nitrogens with zero attached hydrogens (tertiary/aromatic N) is 1. The summed E-state index contributed by atoms with van der Waals surface area (Å²) in [5, 5.41) is 10.3. The highest BCUT2D eigenvalue weighted by Crippen LogP contribution is 2.29. The van der Waals surface area contributed by atoms with E-state index in [2.05, 4.69) is 4.98 Å². The van der Waals surface area contributed by atoms with Gasteiger partial charge in [-0.1, -0.05) is 6.92 Å². The molecule has 2 rings (SSSR count). The summed E-state index contributed by atoms with van der Waals surface area (Å²) in [5.74, 6) is -1.32. The number of nitrogens with two attached hydrogens (primary N) is 1. The second kappa shape index (κ2) is 12.1. The third-order valence-corrected chi connectivity index (χ3v) is 5.06. The number of aliphatic hydroxyl groups excluding tert-OH is 1. The molecule has 0 fully saturated rings. The minimum absolute atomic E-state index is 0.0743. The zero-order chi connectivity index (χ0) is 24.5. The number of allylic oxidation sites excluding steroid dienone is 3. The number of halogens is 2. The lowest BCUT2D eigenvalue weighted by molar-refractivity contribution is -0.142. The van der Waals surface area contributed by atoms with E-state index in [1.165, 1.54) is 37.4 Å². The van der Waals surface area contributed by atoms with E-state index in [1.807, 2.05) is 6.92 Å². The fraction of sp³-hybridized carbons (Fsp3) is 0.360. The van der Waals surface area contributed by atoms with E-state index in [0.29, 0.717) is 17.7 Å². The molecule has 1 aromatic heterocycles. The van der Waals surface area contributed by atoms with Gasteiger partial charge in [-0.05, 0) is 63.1 Å². The predicted molar refractivity (Wildman–Crippen MR) is 123 cm³/mol. The van der Waals surface area contributed by atoms with Crippen molar-refractivity contribution in [2.24, 2.45) is 5.73 Å². The van der Waals surface area contributed by atoms with Crippen molar-refractivity contribution in [2.75, 3.05) is 6.61 Å². The highest BCUT2D eigenvalue weighted by atomic mass is 19.1. The molecular weight excluding hydrogens is 430 g/mol. The summed E-state index contributed by atoms with van der Waals surface area (Å²) in [7, 11) is 0. The van der Waals surface area contributed by atoms with Crippen molar-refractivity contribution in [3.05, 3.63) is 76.3 Å². The average Bonchev–Trinajstić information content (AvgIpc) is 2.77. The average molecular weight is 461 g/mol. The van der Waals surface area contributed by atoms with Crippen molar-refractivity contribution in [2.45, 2.75) is 53.2 Å². The fourth-order valence-electron chi connectivity index (χ4n) is 3.34. The molecule has 1 heterocycles. The Morgan fingerprint density at radius 2 is 2.00 bits per heavy atom. The molecule has 0 aliphatic heterocycles. The topological polar surface area (TPSA) is 94.7 Å². The largest absolute Gasteiger partial charge is 0.512 e. The number of aromatic nitrogens is 1. The van der Waals surface area contributed by atoms with Gasteiger partial charge in [0.05, 0.1) is 24.5 Å². The first-order chi connectivity index (χ1) is 15.7. The Hall–Kier alpha value is -3.26. The summed E-state index contributed by atoms with van der Waals surface area (Å²) in [4.78, 5) is 15.8. The Morgan fingerprint density at radius 1 is 1.27 bits per heavy atom. The normalized spacial score (nSPS) is 13.4. The molecule has 0 saturated carbocycles. The zero-order valence-electron chi connectivity index (χ0n) is 19.3. The molecule has 0 saturated heterocycles. The van der Waals surface area contributed by atoms with Crippen LogP contribution in [0, 0.1) is 11.6 Å². The van der Waals surface area contributed by atoms with Crippen LogP contribution in [-0.4, -0.2) is 28.8 Å². The first-order valence-corrected chi connectivity index (χ1v) is 10.8.